The molecule has 1 aromatic heterocycles. The molecule has 0 fully saturated rings. The van der Waals surface area contributed by atoms with Crippen LogP contribution < -0.4 is 9.47 Å². The molecule has 0 aliphatic heterocycles. The summed E-state index contributed by atoms with van der Waals surface area (Å²) in [6.07, 6.45) is 0. The predicted octanol–water partition coefficient (Wildman–Crippen LogP) is 5.79. The molecular formula is C18H11F5O2S. The molecule has 0 amide bonds. The summed E-state index contributed by atoms with van der Waals surface area (Å²) in [5, 5.41) is 0. The fourth-order valence-electron chi connectivity index (χ4n) is 2.44. The maximum absolute atomic E-state index is 14.0. The van der Waals surface area contributed by atoms with Crippen molar-refractivity contribution in [1.82, 2.24) is 0 Å². The van der Waals surface area contributed by atoms with Crippen molar-refractivity contribution in [3.8, 4) is 32.4 Å². The van der Waals surface area contributed by atoms with Gasteiger partial charge in [-0.05, 0) is 30.3 Å². The summed E-state index contributed by atoms with van der Waals surface area (Å²) >= 11 is 0.868. The monoisotopic (exact) mass is 386 g/mol. The zero-order valence-electron chi connectivity index (χ0n) is 13.5. The number of hydrogen-bond acceptors (Lipinski definition) is 3. The lowest BCUT2D eigenvalue weighted by atomic mass is 10.1. The van der Waals surface area contributed by atoms with E-state index in [-0.39, 0.29) is 4.88 Å². The van der Waals surface area contributed by atoms with E-state index in [0.717, 1.165) is 11.3 Å². The standard InChI is InChI=1S/C18H11F5O2S/c1-24-8-3-4-10(25-2)9(7-8)11-5-6-12(26-11)13-14(19)16(21)18(23)17(22)15(13)20/h3-7H,1-2H3. The van der Waals surface area contributed by atoms with Crippen LogP contribution in [0.1, 0.15) is 0 Å². The minimum absolute atomic E-state index is 0.0994. The lowest BCUT2D eigenvalue weighted by molar-refractivity contribution is 0.381. The van der Waals surface area contributed by atoms with E-state index >= 15 is 0 Å². The van der Waals surface area contributed by atoms with E-state index in [9.17, 15) is 22.0 Å². The maximum Gasteiger partial charge on any atom is 0.200 e. The third-order valence-electron chi connectivity index (χ3n) is 3.73. The highest BCUT2D eigenvalue weighted by molar-refractivity contribution is 7.18. The smallest absolute Gasteiger partial charge is 0.200 e. The van der Waals surface area contributed by atoms with Gasteiger partial charge in [-0.25, -0.2) is 22.0 Å². The van der Waals surface area contributed by atoms with Crippen molar-refractivity contribution in [1.29, 1.82) is 0 Å². The first-order valence-electron chi connectivity index (χ1n) is 7.23. The summed E-state index contributed by atoms with van der Waals surface area (Å²) in [5.74, 6) is -8.89. The largest absolute Gasteiger partial charge is 0.497 e. The van der Waals surface area contributed by atoms with Crippen LogP contribution in [0.25, 0.3) is 20.9 Å². The molecule has 3 rings (SSSR count). The van der Waals surface area contributed by atoms with E-state index in [1.807, 2.05) is 0 Å². The molecule has 0 N–H and O–H groups in total. The number of benzene rings is 2. The fraction of sp³-hybridized carbons (Fsp3) is 0.111. The zero-order valence-corrected chi connectivity index (χ0v) is 14.3. The molecule has 0 atom stereocenters. The molecule has 26 heavy (non-hydrogen) atoms. The Kier molecular flexibility index (Phi) is 4.86. The Balaban J connectivity index is 2.16. The third-order valence-corrected chi connectivity index (χ3v) is 4.87. The van der Waals surface area contributed by atoms with Gasteiger partial charge in [0.25, 0.3) is 0 Å². The van der Waals surface area contributed by atoms with Crippen molar-refractivity contribution in [3.63, 3.8) is 0 Å². The molecule has 2 aromatic carbocycles. The number of thiophene rings is 1. The third kappa shape index (κ3) is 2.90. The summed E-state index contributed by atoms with van der Waals surface area (Å²) in [7, 11) is 2.92. The molecule has 0 aliphatic carbocycles. The number of ether oxygens (including phenoxy) is 2. The molecular weight excluding hydrogens is 375 g/mol. The van der Waals surface area contributed by atoms with Crippen LogP contribution in [0.15, 0.2) is 30.3 Å². The molecule has 8 heteroatoms. The van der Waals surface area contributed by atoms with Crippen molar-refractivity contribution in [3.05, 3.63) is 59.4 Å². The highest BCUT2D eigenvalue weighted by atomic mass is 32.1. The first kappa shape index (κ1) is 18.2. The van der Waals surface area contributed by atoms with Crippen LogP contribution in [0, 0.1) is 29.1 Å². The van der Waals surface area contributed by atoms with E-state index in [4.69, 9.17) is 9.47 Å². The summed E-state index contributed by atoms with van der Waals surface area (Å²) in [6.45, 7) is 0. The van der Waals surface area contributed by atoms with E-state index in [2.05, 4.69) is 0 Å². The minimum atomic E-state index is -2.19. The van der Waals surface area contributed by atoms with Crippen molar-refractivity contribution in [2.45, 2.75) is 0 Å². The van der Waals surface area contributed by atoms with E-state index in [0.29, 0.717) is 21.9 Å². The van der Waals surface area contributed by atoms with Crippen LogP contribution in [0.4, 0.5) is 22.0 Å². The van der Waals surface area contributed by atoms with Gasteiger partial charge in [-0.3, -0.25) is 0 Å². The van der Waals surface area contributed by atoms with Crippen LogP contribution >= 0.6 is 11.3 Å². The van der Waals surface area contributed by atoms with Gasteiger partial charge in [-0.2, -0.15) is 0 Å². The summed E-state index contributed by atoms with van der Waals surface area (Å²) in [6, 6.07) is 7.76. The zero-order chi connectivity index (χ0) is 19.0. The molecule has 0 spiro atoms. The van der Waals surface area contributed by atoms with E-state index in [1.165, 1.54) is 26.4 Å². The van der Waals surface area contributed by atoms with Gasteiger partial charge in [-0.1, -0.05) is 0 Å². The molecule has 0 saturated heterocycles. The number of hydrogen-bond donors (Lipinski definition) is 0. The second-order valence-electron chi connectivity index (χ2n) is 5.18. The van der Waals surface area contributed by atoms with Gasteiger partial charge >= 0.3 is 0 Å². The van der Waals surface area contributed by atoms with Crippen LogP contribution in [-0.4, -0.2) is 14.2 Å². The molecule has 0 saturated carbocycles. The van der Waals surface area contributed by atoms with Crippen LogP contribution in [0.5, 0.6) is 11.5 Å². The lowest BCUT2D eigenvalue weighted by Gasteiger charge is -2.09. The van der Waals surface area contributed by atoms with Crippen molar-refractivity contribution >= 4 is 11.3 Å². The lowest BCUT2D eigenvalue weighted by Crippen LogP contribution is -2.03. The van der Waals surface area contributed by atoms with Gasteiger partial charge in [0.2, 0.25) is 5.82 Å². The molecule has 0 bridgehead atoms. The van der Waals surface area contributed by atoms with Crippen molar-refractivity contribution < 1.29 is 31.4 Å². The first-order valence-corrected chi connectivity index (χ1v) is 8.04. The normalized spacial score (nSPS) is 10.9. The van der Waals surface area contributed by atoms with E-state index in [1.54, 1.807) is 18.2 Å². The van der Waals surface area contributed by atoms with Crippen molar-refractivity contribution in [2.24, 2.45) is 0 Å². The molecule has 0 radical (unpaired) electrons. The number of methoxy groups -OCH3 is 2. The molecule has 1 heterocycles. The molecule has 136 valence electrons. The summed E-state index contributed by atoms with van der Waals surface area (Å²) < 4.78 is 78.5. The predicted molar refractivity (Wildman–Crippen MR) is 88.1 cm³/mol. The Morgan fingerprint density at radius 3 is 1.85 bits per heavy atom. The molecule has 3 aromatic rings. The topological polar surface area (TPSA) is 18.5 Å². The Hall–Kier alpha value is -2.61. The van der Waals surface area contributed by atoms with Gasteiger partial charge in [-0.15, -0.1) is 11.3 Å². The summed E-state index contributed by atoms with van der Waals surface area (Å²) in [4.78, 5) is 0.414. The number of halogens is 5. The van der Waals surface area contributed by atoms with Gasteiger partial charge in [0, 0.05) is 15.3 Å². The number of rotatable bonds is 4. The average Bonchev–Trinajstić information content (AvgIpc) is 3.13. The second-order valence-corrected chi connectivity index (χ2v) is 6.26. The van der Waals surface area contributed by atoms with E-state index < -0.39 is 34.6 Å². The summed E-state index contributed by atoms with van der Waals surface area (Å²) in [5.41, 5.74) is -0.397. The molecule has 0 unspecified atom stereocenters. The van der Waals surface area contributed by atoms with Gasteiger partial charge in [0.05, 0.1) is 19.8 Å². The Bertz CT molecular complexity index is 955. The second kappa shape index (κ2) is 6.95. The molecule has 2 nitrogen and oxygen atoms in total. The SMILES string of the molecule is COc1ccc(OC)c(-c2ccc(-c3c(F)c(F)c(F)c(F)c3F)s2)c1. The van der Waals surface area contributed by atoms with Crippen LogP contribution in [0.3, 0.4) is 0 Å². The Morgan fingerprint density at radius 1 is 0.692 bits per heavy atom. The average molecular weight is 386 g/mol. The Labute approximate surface area is 149 Å². The Morgan fingerprint density at radius 2 is 1.27 bits per heavy atom. The van der Waals surface area contributed by atoms with Gasteiger partial charge in [0.1, 0.15) is 11.5 Å². The van der Waals surface area contributed by atoms with Crippen LogP contribution in [-0.2, 0) is 0 Å². The fourth-order valence-corrected chi connectivity index (χ4v) is 3.50. The van der Waals surface area contributed by atoms with Crippen molar-refractivity contribution in [2.75, 3.05) is 14.2 Å². The maximum atomic E-state index is 14.0. The van der Waals surface area contributed by atoms with Gasteiger partial charge in [0.15, 0.2) is 23.3 Å². The highest BCUT2D eigenvalue weighted by Crippen LogP contribution is 2.42. The highest BCUT2D eigenvalue weighted by Gasteiger charge is 2.27. The quantitative estimate of drug-likeness (QED) is 0.321. The van der Waals surface area contributed by atoms with Crippen LogP contribution in [0.2, 0.25) is 0 Å². The molecule has 0 aliphatic rings. The minimum Gasteiger partial charge on any atom is -0.497 e. The van der Waals surface area contributed by atoms with Gasteiger partial charge < -0.3 is 9.47 Å². The first-order chi connectivity index (χ1) is 12.4.